The maximum atomic E-state index is 12.9. The molecule has 1 heterocycles. The number of ketones is 2. The monoisotopic (exact) mass is 323 g/mol. The number of hydrogen-bond donors (Lipinski definition) is 0. The number of benzene rings is 1. The quantitative estimate of drug-likeness (QED) is 0.635. The number of aromatic nitrogens is 1. The van der Waals surface area contributed by atoms with Gasteiger partial charge in [-0.3, -0.25) is 14.4 Å². The molecule has 1 amide bonds. The van der Waals surface area contributed by atoms with Crippen LogP contribution in [0.4, 0.5) is 0 Å². The lowest BCUT2D eigenvalue weighted by atomic mass is 9.88. The maximum Gasteiger partial charge on any atom is 0.289 e. The summed E-state index contributed by atoms with van der Waals surface area (Å²) in [7, 11) is 1.54. The lowest BCUT2D eigenvalue weighted by Crippen LogP contribution is -2.59. The van der Waals surface area contributed by atoms with Crippen molar-refractivity contribution in [2.45, 2.75) is 25.4 Å². The standard InChI is InChI=1S/C19H19N2O3/c1-3-19(17(23)14-9-5-6-10-15(14)18(19)24)20(2)16(22)13-21-11-7-4-8-12-21/h4-12H,3,13H2,1-2H3/q+1. The van der Waals surface area contributed by atoms with Gasteiger partial charge in [-0.2, -0.15) is 4.57 Å². The second-order valence-electron chi connectivity index (χ2n) is 5.92. The fourth-order valence-corrected chi connectivity index (χ4v) is 3.31. The molecular weight excluding hydrogens is 304 g/mol. The van der Waals surface area contributed by atoms with Gasteiger partial charge >= 0.3 is 0 Å². The molecule has 5 heteroatoms. The summed E-state index contributed by atoms with van der Waals surface area (Å²) < 4.78 is 1.72. The third kappa shape index (κ3) is 2.24. The van der Waals surface area contributed by atoms with E-state index in [9.17, 15) is 14.4 Å². The molecule has 0 saturated heterocycles. The first-order valence-electron chi connectivity index (χ1n) is 7.91. The van der Waals surface area contributed by atoms with Gasteiger partial charge in [-0.1, -0.05) is 37.3 Å². The van der Waals surface area contributed by atoms with Crippen molar-refractivity contribution in [2.24, 2.45) is 0 Å². The summed E-state index contributed by atoms with van der Waals surface area (Å²) in [5.74, 6) is -0.860. The Hall–Kier alpha value is -2.82. The van der Waals surface area contributed by atoms with Gasteiger partial charge in [0.25, 0.3) is 5.91 Å². The molecule has 1 aromatic carbocycles. The zero-order chi connectivity index (χ0) is 17.3. The highest BCUT2D eigenvalue weighted by molar-refractivity contribution is 6.33. The Kier molecular flexibility index (Phi) is 4.01. The highest BCUT2D eigenvalue weighted by Gasteiger charge is 2.56. The first-order valence-corrected chi connectivity index (χ1v) is 7.91. The molecular formula is C19H19N2O3+. The molecule has 24 heavy (non-hydrogen) atoms. The first-order chi connectivity index (χ1) is 11.5. The molecule has 0 bridgehead atoms. The number of Topliss-reactive ketones (excluding diaryl/α,β-unsaturated/α-hetero) is 2. The largest absolute Gasteiger partial charge is 0.320 e. The molecule has 0 radical (unpaired) electrons. The van der Waals surface area contributed by atoms with Crippen LogP contribution in [0.15, 0.2) is 54.9 Å². The van der Waals surface area contributed by atoms with Gasteiger partial charge in [0.15, 0.2) is 29.5 Å². The van der Waals surface area contributed by atoms with Crippen molar-refractivity contribution in [3.05, 3.63) is 66.0 Å². The lowest BCUT2D eigenvalue weighted by Gasteiger charge is -2.34. The van der Waals surface area contributed by atoms with Crippen LogP contribution in [-0.4, -0.2) is 35.0 Å². The number of carbonyl (C=O) groups excluding carboxylic acids is 3. The van der Waals surface area contributed by atoms with Gasteiger partial charge in [0.05, 0.1) is 0 Å². The minimum atomic E-state index is -1.43. The second kappa shape index (κ2) is 6.00. The van der Waals surface area contributed by atoms with E-state index in [1.807, 2.05) is 18.2 Å². The molecule has 0 unspecified atom stereocenters. The van der Waals surface area contributed by atoms with Crippen molar-refractivity contribution in [1.82, 2.24) is 4.90 Å². The minimum absolute atomic E-state index is 0.0794. The summed E-state index contributed by atoms with van der Waals surface area (Å²) in [6, 6.07) is 12.3. The Bertz CT molecular complexity index is 779. The highest BCUT2D eigenvalue weighted by atomic mass is 16.2. The van der Waals surface area contributed by atoms with Gasteiger partial charge in [-0.15, -0.1) is 0 Å². The van der Waals surface area contributed by atoms with E-state index in [-0.39, 0.29) is 30.4 Å². The molecule has 0 spiro atoms. The molecule has 1 aliphatic rings. The van der Waals surface area contributed by atoms with Crippen LogP contribution in [0.3, 0.4) is 0 Å². The number of nitrogens with zero attached hydrogens (tertiary/aromatic N) is 2. The third-order valence-electron chi connectivity index (χ3n) is 4.72. The van der Waals surface area contributed by atoms with E-state index in [1.54, 1.807) is 48.1 Å². The number of likely N-dealkylation sites (N-methyl/N-ethyl adjacent to an activating group) is 1. The van der Waals surface area contributed by atoms with E-state index in [0.29, 0.717) is 11.1 Å². The predicted molar refractivity (Wildman–Crippen MR) is 87.5 cm³/mol. The fourth-order valence-electron chi connectivity index (χ4n) is 3.31. The average molecular weight is 323 g/mol. The highest BCUT2D eigenvalue weighted by Crippen LogP contribution is 2.36. The number of pyridine rings is 1. The fraction of sp³-hybridized carbons (Fsp3) is 0.263. The number of carbonyl (C=O) groups is 3. The summed E-state index contributed by atoms with van der Waals surface area (Å²) >= 11 is 0. The third-order valence-corrected chi connectivity index (χ3v) is 4.72. The number of fused-ring (bicyclic) bond motifs is 1. The van der Waals surface area contributed by atoms with Crippen LogP contribution in [0.2, 0.25) is 0 Å². The van der Waals surface area contributed by atoms with Crippen LogP contribution < -0.4 is 4.57 Å². The zero-order valence-electron chi connectivity index (χ0n) is 13.7. The minimum Gasteiger partial charge on any atom is -0.320 e. The van der Waals surface area contributed by atoms with Gasteiger partial charge < -0.3 is 4.90 Å². The summed E-state index contributed by atoms with van der Waals surface area (Å²) in [5.41, 5.74) is -0.636. The molecule has 3 rings (SSSR count). The second-order valence-corrected chi connectivity index (χ2v) is 5.92. The summed E-state index contributed by atoms with van der Waals surface area (Å²) in [5, 5.41) is 0. The van der Waals surface area contributed by atoms with Crippen LogP contribution in [-0.2, 0) is 11.3 Å². The topological polar surface area (TPSA) is 58.3 Å². The van der Waals surface area contributed by atoms with E-state index in [2.05, 4.69) is 0 Å². The molecule has 5 nitrogen and oxygen atoms in total. The summed E-state index contributed by atoms with van der Waals surface area (Å²) in [4.78, 5) is 39.9. The molecule has 0 N–H and O–H groups in total. The molecule has 1 aliphatic carbocycles. The number of rotatable bonds is 4. The Morgan fingerprint density at radius 3 is 2.04 bits per heavy atom. The molecule has 1 aromatic heterocycles. The summed E-state index contributed by atoms with van der Waals surface area (Å²) in [6.07, 6.45) is 3.80. The lowest BCUT2D eigenvalue weighted by molar-refractivity contribution is -0.685. The van der Waals surface area contributed by atoms with Gasteiger partial charge in [0.1, 0.15) is 0 Å². The Morgan fingerprint density at radius 2 is 1.54 bits per heavy atom. The van der Waals surface area contributed by atoms with Crippen molar-refractivity contribution >= 4 is 17.5 Å². The van der Waals surface area contributed by atoms with Crippen LogP contribution in [0.1, 0.15) is 34.1 Å². The van der Waals surface area contributed by atoms with Crippen LogP contribution in [0, 0.1) is 0 Å². The van der Waals surface area contributed by atoms with Crippen molar-refractivity contribution in [3.8, 4) is 0 Å². The maximum absolute atomic E-state index is 12.9. The first kappa shape index (κ1) is 16.1. The Labute approximate surface area is 140 Å². The Balaban J connectivity index is 1.95. The van der Waals surface area contributed by atoms with Crippen molar-refractivity contribution in [1.29, 1.82) is 0 Å². The van der Waals surface area contributed by atoms with Gasteiger partial charge in [-0.25, -0.2) is 0 Å². The van der Waals surface area contributed by atoms with E-state index >= 15 is 0 Å². The molecule has 0 atom stereocenters. The number of hydrogen-bond acceptors (Lipinski definition) is 3. The van der Waals surface area contributed by atoms with E-state index in [4.69, 9.17) is 0 Å². The molecule has 0 aliphatic heterocycles. The SMILES string of the molecule is CCC1(N(C)C(=O)C[n+]2ccccc2)C(=O)c2ccccc2C1=O. The summed E-state index contributed by atoms with van der Waals surface area (Å²) in [6.45, 7) is 1.84. The van der Waals surface area contributed by atoms with Gasteiger partial charge in [0, 0.05) is 30.3 Å². The molecule has 122 valence electrons. The van der Waals surface area contributed by atoms with Crippen molar-refractivity contribution in [3.63, 3.8) is 0 Å². The van der Waals surface area contributed by atoms with Gasteiger partial charge in [-0.05, 0) is 6.42 Å². The van der Waals surface area contributed by atoms with Crippen molar-refractivity contribution < 1.29 is 19.0 Å². The number of amides is 1. The zero-order valence-corrected chi connectivity index (χ0v) is 13.7. The van der Waals surface area contributed by atoms with E-state index in [1.165, 1.54) is 11.9 Å². The van der Waals surface area contributed by atoms with Crippen LogP contribution in [0.5, 0.6) is 0 Å². The average Bonchev–Trinajstić information content (AvgIpc) is 2.84. The molecule has 0 fully saturated rings. The predicted octanol–water partition coefficient (Wildman–Crippen LogP) is 1.66. The van der Waals surface area contributed by atoms with E-state index < -0.39 is 5.54 Å². The Morgan fingerprint density at radius 1 is 1.00 bits per heavy atom. The van der Waals surface area contributed by atoms with Gasteiger partial charge in [0.2, 0.25) is 6.54 Å². The van der Waals surface area contributed by atoms with E-state index in [0.717, 1.165) is 0 Å². The van der Waals surface area contributed by atoms with Crippen molar-refractivity contribution in [2.75, 3.05) is 7.05 Å². The van der Waals surface area contributed by atoms with Crippen LogP contribution >= 0.6 is 0 Å². The smallest absolute Gasteiger partial charge is 0.289 e. The van der Waals surface area contributed by atoms with Crippen LogP contribution in [0.25, 0.3) is 0 Å². The molecule has 0 saturated carbocycles. The molecule has 2 aromatic rings. The normalized spacial score (nSPS) is 15.2.